The Balaban J connectivity index is 1.71. The van der Waals surface area contributed by atoms with Gasteiger partial charge in [0.15, 0.2) is 5.78 Å². The van der Waals surface area contributed by atoms with Gasteiger partial charge in [-0.3, -0.25) is 9.59 Å². The molecule has 0 bridgehead atoms. The zero-order chi connectivity index (χ0) is 20.1. The summed E-state index contributed by atoms with van der Waals surface area (Å²) in [5, 5.41) is 11.0. The zero-order valence-corrected chi connectivity index (χ0v) is 18.7. The first-order chi connectivity index (χ1) is 13.3. The molecule has 0 radical (unpaired) electrons. The van der Waals surface area contributed by atoms with Crippen LogP contribution in [0.2, 0.25) is 0 Å². The van der Waals surface area contributed by atoms with E-state index in [-0.39, 0.29) is 44.9 Å². The molecule has 1 spiro atoms. The summed E-state index contributed by atoms with van der Waals surface area (Å²) < 4.78 is 5.46. The fraction of sp³-hybridized carbons (Fsp3) is 0.818. The SMILES string of the molecule is CCOC(=O)C[C@@H]1C(C)=CC(=O)[C@@H]2C[C@@H](O)[C@H]3CC4(C[C@H]3[C@@]12C)SCCCS4. The van der Waals surface area contributed by atoms with Crippen molar-refractivity contribution < 1.29 is 19.4 Å². The Kier molecular flexibility index (Phi) is 5.69. The number of carbonyl (C=O) groups is 2. The molecule has 4 nitrogen and oxygen atoms in total. The molecule has 1 saturated heterocycles. The largest absolute Gasteiger partial charge is 0.466 e. The van der Waals surface area contributed by atoms with Crippen molar-refractivity contribution in [2.75, 3.05) is 18.1 Å². The first-order valence-corrected chi connectivity index (χ1v) is 12.6. The van der Waals surface area contributed by atoms with Crippen molar-refractivity contribution >= 4 is 35.3 Å². The molecule has 6 heteroatoms. The van der Waals surface area contributed by atoms with Gasteiger partial charge < -0.3 is 9.84 Å². The first kappa shape index (κ1) is 20.8. The molecule has 6 atom stereocenters. The predicted octanol–water partition coefficient (Wildman–Crippen LogP) is 4.06. The Hall–Kier alpha value is -0.460. The van der Waals surface area contributed by atoms with E-state index in [0.717, 1.165) is 18.4 Å². The third kappa shape index (κ3) is 3.27. The van der Waals surface area contributed by atoms with Crippen LogP contribution >= 0.6 is 23.5 Å². The molecule has 3 aliphatic carbocycles. The quantitative estimate of drug-likeness (QED) is 0.689. The standard InChI is InChI=1S/C22H32O4S2/c1-4-26-20(25)10-15-13(2)8-19(24)16-9-18(23)14-11-22(27-6-5-7-28-22)12-17(14)21(15,16)3/h8,14-18,23H,4-7,9-12H2,1-3H3/t14-,15+,16-,17+,18+,21-/m0/s1. The number of aliphatic hydroxyl groups is 1. The summed E-state index contributed by atoms with van der Waals surface area (Å²) in [5.41, 5.74) is 0.728. The maximum absolute atomic E-state index is 13.0. The third-order valence-electron chi connectivity index (χ3n) is 7.82. The van der Waals surface area contributed by atoms with Gasteiger partial charge in [-0.05, 0) is 80.3 Å². The number of allylic oxidation sites excluding steroid dienone is 2. The van der Waals surface area contributed by atoms with E-state index in [1.54, 1.807) is 6.08 Å². The monoisotopic (exact) mass is 424 g/mol. The molecular weight excluding hydrogens is 392 g/mol. The lowest BCUT2D eigenvalue weighted by Crippen LogP contribution is -2.56. The summed E-state index contributed by atoms with van der Waals surface area (Å²) in [6, 6.07) is 0. The van der Waals surface area contributed by atoms with Crippen molar-refractivity contribution in [1.29, 1.82) is 0 Å². The molecule has 1 N–H and O–H groups in total. The van der Waals surface area contributed by atoms with Crippen LogP contribution in [0.15, 0.2) is 11.6 Å². The Morgan fingerprint density at radius 1 is 1.32 bits per heavy atom. The van der Waals surface area contributed by atoms with Gasteiger partial charge in [-0.25, -0.2) is 0 Å². The van der Waals surface area contributed by atoms with Gasteiger partial charge in [0.05, 0.1) is 23.2 Å². The number of fused-ring (bicyclic) bond motifs is 3. The number of ether oxygens (including phenoxy) is 1. The highest BCUT2D eigenvalue weighted by atomic mass is 32.2. The molecule has 0 aromatic rings. The highest BCUT2D eigenvalue weighted by Crippen LogP contribution is 2.68. The highest BCUT2D eigenvalue weighted by Gasteiger charge is 2.64. The van der Waals surface area contributed by atoms with Gasteiger partial charge in [0.25, 0.3) is 0 Å². The van der Waals surface area contributed by atoms with E-state index in [4.69, 9.17) is 4.74 Å². The van der Waals surface area contributed by atoms with Crippen molar-refractivity contribution in [1.82, 2.24) is 0 Å². The van der Waals surface area contributed by atoms with E-state index in [9.17, 15) is 14.7 Å². The van der Waals surface area contributed by atoms with Crippen LogP contribution in [0.25, 0.3) is 0 Å². The van der Waals surface area contributed by atoms with Gasteiger partial charge in [-0.1, -0.05) is 12.5 Å². The van der Waals surface area contributed by atoms with Crippen LogP contribution in [-0.2, 0) is 14.3 Å². The van der Waals surface area contributed by atoms with E-state index in [1.165, 1.54) is 17.9 Å². The summed E-state index contributed by atoms with van der Waals surface area (Å²) >= 11 is 4.13. The molecule has 156 valence electrons. The maximum atomic E-state index is 13.0. The molecule has 1 heterocycles. The average Bonchev–Trinajstić information content (AvgIpc) is 3.02. The number of carbonyl (C=O) groups excluding carboxylic acids is 2. The summed E-state index contributed by atoms with van der Waals surface area (Å²) in [4.78, 5) is 25.4. The molecule has 2 saturated carbocycles. The molecular formula is C22H32O4S2. The molecule has 4 rings (SSSR count). The van der Waals surface area contributed by atoms with Crippen LogP contribution in [0, 0.1) is 29.1 Å². The Morgan fingerprint density at radius 3 is 2.71 bits per heavy atom. The lowest BCUT2D eigenvalue weighted by atomic mass is 9.48. The molecule has 4 aliphatic rings. The van der Waals surface area contributed by atoms with Gasteiger partial charge in [-0.2, -0.15) is 0 Å². The van der Waals surface area contributed by atoms with Crippen LogP contribution in [0.1, 0.15) is 52.9 Å². The Labute approximate surface area is 176 Å². The topological polar surface area (TPSA) is 63.6 Å². The van der Waals surface area contributed by atoms with Gasteiger partial charge in [0, 0.05) is 5.92 Å². The highest BCUT2D eigenvalue weighted by molar-refractivity contribution is 8.18. The van der Waals surface area contributed by atoms with Crippen LogP contribution in [0.4, 0.5) is 0 Å². The van der Waals surface area contributed by atoms with Gasteiger partial charge in [0.1, 0.15) is 0 Å². The minimum absolute atomic E-state index is 0.0167. The number of ketones is 1. The van der Waals surface area contributed by atoms with Crippen molar-refractivity contribution in [2.24, 2.45) is 29.1 Å². The number of aliphatic hydroxyl groups excluding tert-OH is 1. The average molecular weight is 425 g/mol. The first-order valence-electron chi connectivity index (χ1n) is 10.6. The fourth-order valence-electron chi connectivity index (χ4n) is 6.55. The molecule has 0 unspecified atom stereocenters. The second-order valence-electron chi connectivity index (χ2n) is 9.21. The van der Waals surface area contributed by atoms with Crippen LogP contribution in [-0.4, -0.2) is 45.2 Å². The lowest BCUT2D eigenvalue weighted by Gasteiger charge is -2.56. The second kappa shape index (κ2) is 7.66. The van der Waals surface area contributed by atoms with E-state index in [1.807, 2.05) is 13.8 Å². The fourth-order valence-corrected chi connectivity index (χ4v) is 10.1. The van der Waals surface area contributed by atoms with Gasteiger partial charge in [0.2, 0.25) is 0 Å². The van der Waals surface area contributed by atoms with Crippen molar-refractivity contribution in [3.63, 3.8) is 0 Å². The summed E-state index contributed by atoms with van der Waals surface area (Å²) in [6.45, 7) is 6.45. The van der Waals surface area contributed by atoms with Crippen LogP contribution < -0.4 is 0 Å². The minimum Gasteiger partial charge on any atom is -0.466 e. The Morgan fingerprint density at radius 2 is 2.04 bits per heavy atom. The van der Waals surface area contributed by atoms with Gasteiger partial charge >= 0.3 is 5.97 Å². The summed E-state index contributed by atoms with van der Waals surface area (Å²) in [7, 11) is 0. The normalized spacial score (nSPS) is 41.9. The number of hydrogen-bond donors (Lipinski definition) is 1. The van der Waals surface area contributed by atoms with Crippen LogP contribution in [0.3, 0.4) is 0 Å². The molecule has 1 aliphatic heterocycles. The number of rotatable bonds is 3. The lowest BCUT2D eigenvalue weighted by molar-refractivity contribution is -0.154. The smallest absolute Gasteiger partial charge is 0.306 e. The number of hydrogen-bond acceptors (Lipinski definition) is 6. The van der Waals surface area contributed by atoms with E-state index >= 15 is 0 Å². The molecule has 28 heavy (non-hydrogen) atoms. The summed E-state index contributed by atoms with van der Waals surface area (Å²) in [5.74, 6) is 2.66. The predicted molar refractivity (Wildman–Crippen MR) is 114 cm³/mol. The second-order valence-corrected chi connectivity index (χ2v) is 12.4. The van der Waals surface area contributed by atoms with Crippen molar-refractivity contribution in [2.45, 2.75) is 63.1 Å². The zero-order valence-electron chi connectivity index (χ0n) is 17.1. The minimum atomic E-state index is -0.412. The number of esters is 1. The van der Waals surface area contributed by atoms with Crippen molar-refractivity contribution in [3.8, 4) is 0 Å². The van der Waals surface area contributed by atoms with E-state index in [0.29, 0.717) is 19.4 Å². The Bertz CT molecular complexity index is 684. The van der Waals surface area contributed by atoms with E-state index < -0.39 is 6.10 Å². The molecule has 0 aromatic heterocycles. The third-order valence-corrected chi connectivity index (χ3v) is 11.2. The molecule has 0 amide bonds. The van der Waals surface area contributed by atoms with Crippen LogP contribution in [0.5, 0.6) is 0 Å². The van der Waals surface area contributed by atoms with Crippen molar-refractivity contribution in [3.05, 3.63) is 11.6 Å². The van der Waals surface area contributed by atoms with Gasteiger partial charge in [-0.15, -0.1) is 23.5 Å². The molecule has 3 fully saturated rings. The van der Waals surface area contributed by atoms with E-state index in [2.05, 4.69) is 30.4 Å². The maximum Gasteiger partial charge on any atom is 0.306 e. The summed E-state index contributed by atoms with van der Waals surface area (Å²) in [6.07, 6.45) is 5.51. The number of thioether (sulfide) groups is 2. The molecule has 0 aromatic carbocycles.